The fraction of sp³-hybridized carbons (Fsp3) is 0.308. The van der Waals surface area contributed by atoms with E-state index in [0.717, 1.165) is 0 Å². The van der Waals surface area contributed by atoms with Crippen molar-refractivity contribution in [3.8, 4) is 12.3 Å². The van der Waals surface area contributed by atoms with Crippen molar-refractivity contribution in [2.45, 2.75) is 19.1 Å². The van der Waals surface area contributed by atoms with E-state index in [4.69, 9.17) is 6.42 Å². The molecule has 0 aliphatic carbocycles. The second-order valence-electron chi connectivity index (χ2n) is 3.72. The topological polar surface area (TPSA) is 69.6 Å². The van der Waals surface area contributed by atoms with Gasteiger partial charge in [-0.05, 0) is 17.7 Å². The first-order chi connectivity index (χ1) is 8.04. The number of aliphatic hydroxyl groups is 2. The number of benzene rings is 1. The molecule has 0 spiro atoms. The summed E-state index contributed by atoms with van der Waals surface area (Å²) in [6.45, 7) is 1.36. The van der Waals surface area contributed by atoms with Crippen LogP contribution in [0.5, 0.6) is 0 Å². The summed E-state index contributed by atoms with van der Waals surface area (Å²) < 4.78 is 0. The smallest absolute Gasteiger partial charge is 0.216 e. The van der Waals surface area contributed by atoms with Gasteiger partial charge in [0.2, 0.25) is 5.91 Å². The summed E-state index contributed by atoms with van der Waals surface area (Å²) in [4.78, 5) is 10.7. The fourth-order valence-electron chi connectivity index (χ4n) is 1.36. The van der Waals surface area contributed by atoms with Gasteiger partial charge in [-0.25, -0.2) is 0 Å². The van der Waals surface area contributed by atoms with Crippen LogP contribution >= 0.6 is 0 Å². The quantitative estimate of drug-likeness (QED) is 0.651. The highest BCUT2D eigenvalue weighted by molar-refractivity contribution is 5.72. The number of rotatable bonds is 4. The standard InChI is InChI=1S/C13H15NO3/c1-3-10-4-6-11(7-5-10)13(17)12(16)8-14-9(2)15/h1,4-7,12-13,16-17H,8H2,2H3,(H,14,15). The number of carbonyl (C=O) groups excluding carboxylic acids is 1. The summed E-state index contributed by atoms with van der Waals surface area (Å²) in [5.74, 6) is 2.21. The van der Waals surface area contributed by atoms with Gasteiger partial charge in [-0.15, -0.1) is 6.42 Å². The van der Waals surface area contributed by atoms with Crippen LogP contribution < -0.4 is 5.32 Å². The van der Waals surface area contributed by atoms with E-state index in [9.17, 15) is 15.0 Å². The van der Waals surface area contributed by atoms with Crippen molar-refractivity contribution in [2.75, 3.05) is 6.54 Å². The third-order valence-corrected chi connectivity index (χ3v) is 2.34. The molecule has 0 aliphatic rings. The van der Waals surface area contributed by atoms with Gasteiger partial charge in [0.15, 0.2) is 0 Å². The van der Waals surface area contributed by atoms with E-state index in [2.05, 4.69) is 11.2 Å². The van der Waals surface area contributed by atoms with Gasteiger partial charge in [0.05, 0.1) is 0 Å². The normalized spacial score (nSPS) is 13.5. The zero-order chi connectivity index (χ0) is 12.8. The molecule has 2 unspecified atom stereocenters. The van der Waals surface area contributed by atoms with Crippen LogP contribution in [0.15, 0.2) is 24.3 Å². The summed E-state index contributed by atoms with van der Waals surface area (Å²) >= 11 is 0. The average molecular weight is 233 g/mol. The highest BCUT2D eigenvalue weighted by Crippen LogP contribution is 2.17. The van der Waals surface area contributed by atoms with Gasteiger partial charge in [-0.1, -0.05) is 18.1 Å². The number of carbonyl (C=O) groups is 1. The molecule has 4 nitrogen and oxygen atoms in total. The Kier molecular flexibility index (Phi) is 4.70. The molecule has 0 saturated heterocycles. The Morgan fingerprint density at radius 1 is 1.41 bits per heavy atom. The maximum Gasteiger partial charge on any atom is 0.216 e. The molecule has 4 heteroatoms. The summed E-state index contributed by atoms with van der Waals surface area (Å²) in [5, 5.41) is 21.9. The lowest BCUT2D eigenvalue weighted by Gasteiger charge is -2.18. The second kappa shape index (κ2) is 6.04. The van der Waals surface area contributed by atoms with Crippen molar-refractivity contribution < 1.29 is 15.0 Å². The molecule has 0 radical (unpaired) electrons. The number of nitrogens with one attached hydrogen (secondary N) is 1. The van der Waals surface area contributed by atoms with E-state index < -0.39 is 12.2 Å². The molecule has 0 heterocycles. The molecule has 17 heavy (non-hydrogen) atoms. The SMILES string of the molecule is C#Cc1ccc(C(O)C(O)CNC(C)=O)cc1. The molecule has 0 saturated carbocycles. The first-order valence-corrected chi connectivity index (χ1v) is 5.21. The van der Waals surface area contributed by atoms with E-state index in [0.29, 0.717) is 11.1 Å². The Labute approximate surface area is 100 Å². The molecule has 90 valence electrons. The molecule has 0 aromatic heterocycles. The minimum atomic E-state index is -1.05. The van der Waals surface area contributed by atoms with Crippen molar-refractivity contribution >= 4 is 5.91 Å². The van der Waals surface area contributed by atoms with Crippen LogP contribution in [-0.2, 0) is 4.79 Å². The van der Waals surface area contributed by atoms with Crippen LogP contribution in [-0.4, -0.2) is 28.8 Å². The predicted molar refractivity (Wildman–Crippen MR) is 64.0 cm³/mol. The summed E-state index contributed by atoms with van der Waals surface area (Å²) in [5.41, 5.74) is 1.26. The third kappa shape index (κ3) is 3.91. The molecule has 3 N–H and O–H groups in total. The van der Waals surface area contributed by atoms with Crippen LogP contribution in [0.1, 0.15) is 24.2 Å². The summed E-state index contributed by atoms with van der Waals surface area (Å²) in [7, 11) is 0. The van der Waals surface area contributed by atoms with Crippen molar-refractivity contribution in [1.82, 2.24) is 5.32 Å². The van der Waals surface area contributed by atoms with Crippen LogP contribution in [0.4, 0.5) is 0 Å². The first kappa shape index (κ1) is 13.2. The second-order valence-corrected chi connectivity index (χ2v) is 3.72. The van der Waals surface area contributed by atoms with Crippen molar-refractivity contribution in [3.05, 3.63) is 35.4 Å². The molecule has 0 fully saturated rings. The van der Waals surface area contributed by atoms with Gasteiger partial charge in [0, 0.05) is 19.0 Å². The molecule has 1 aromatic rings. The lowest BCUT2D eigenvalue weighted by molar-refractivity contribution is -0.119. The molecule has 1 aromatic carbocycles. The van der Waals surface area contributed by atoms with Gasteiger partial charge >= 0.3 is 0 Å². The van der Waals surface area contributed by atoms with Gasteiger partial charge in [0.1, 0.15) is 12.2 Å². The van der Waals surface area contributed by atoms with E-state index in [1.54, 1.807) is 24.3 Å². The maximum absolute atomic E-state index is 10.7. The Hall–Kier alpha value is -1.83. The predicted octanol–water partition coefficient (Wildman–Crippen LogP) is 0.198. The molecule has 0 bridgehead atoms. The van der Waals surface area contributed by atoms with Gasteiger partial charge in [-0.2, -0.15) is 0 Å². The molecule has 1 rings (SSSR count). The van der Waals surface area contributed by atoms with Gasteiger partial charge in [0.25, 0.3) is 0 Å². The van der Waals surface area contributed by atoms with Crippen LogP contribution in [0.3, 0.4) is 0 Å². The Bertz CT molecular complexity index is 419. The minimum Gasteiger partial charge on any atom is -0.388 e. The number of hydrogen-bond acceptors (Lipinski definition) is 3. The molecule has 1 amide bonds. The maximum atomic E-state index is 10.7. The zero-order valence-corrected chi connectivity index (χ0v) is 9.55. The lowest BCUT2D eigenvalue weighted by atomic mass is 10.0. The molecule has 2 atom stereocenters. The minimum absolute atomic E-state index is 0.00733. The largest absolute Gasteiger partial charge is 0.388 e. The molecular formula is C13H15NO3. The van der Waals surface area contributed by atoms with Crippen LogP contribution in [0.2, 0.25) is 0 Å². The highest BCUT2D eigenvalue weighted by Gasteiger charge is 2.18. The van der Waals surface area contributed by atoms with Crippen molar-refractivity contribution in [1.29, 1.82) is 0 Å². The number of terminal acetylenes is 1. The Morgan fingerprint density at radius 3 is 2.47 bits per heavy atom. The van der Waals surface area contributed by atoms with E-state index in [1.165, 1.54) is 6.92 Å². The van der Waals surface area contributed by atoms with E-state index in [1.807, 2.05) is 0 Å². The Morgan fingerprint density at radius 2 is 2.00 bits per heavy atom. The lowest BCUT2D eigenvalue weighted by Crippen LogP contribution is -2.34. The van der Waals surface area contributed by atoms with Crippen LogP contribution in [0.25, 0.3) is 0 Å². The molecular weight excluding hydrogens is 218 g/mol. The third-order valence-electron chi connectivity index (χ3n) is 2.34. The van der Waals surface area contributed by atoms with Gasteiger partial charge < -0.3 is 15.5 Å². The van der Waals surface area contributed by atoms with Gasteiger partial charge in [-0.3, -0.25) is 4.79 Å². The monoisotopic (exact) mass is 233 g/mol. The summed E-state index contributed by atoms with van der Waals surface area (Å²) in [6, 6.07) is 6.67. The van der Waals surface area contributed by atoms with Crippen molar-refractivity contribution in [2.24, 2.45) is 0 Å². The highest BCUT2D eigenvalue weighted by atomic mass is 16.3. The first-order valence-electron chi connectivity index (χ1n) is 5.21. The average Bonchev–Trinajstić information content (AvgIpc) is 2.35. The number of aliphatic hydroxyl groups excluding tert-OH is 2. The Balaban J connectivity index is 2.64. The zero-order valence-electron chi connectivity index (χ0n) is 9.55. The summed E-state index contributed by atoms with van der Waals surface area (Å²) in [6.07, 6.45) is 3.11. The van der Waals surface area contributed by atoms with Crippen LogP contribution in [0, 0.1) is 12.3 Å². The number of hydrogen-bond donors (Lipinski definition) is 3. The van der Waals surface area contributed by atoms with E-state index >= 15 is 0 Å². The number of amides is 1. The fourth-order valence-corrected chi connectivity index (χ4v) is 1.36. The van der Waals surface area contributed by atoms with Crippen molar-refractivity contribution in [3.63, 3.8) is 0 Å². The molecule has 0 aliphatic heterocycles. The van der Waals surface area contributed by atoms with E-state index in [-0.39, 0.29) is 12.5 Å².